The lowest BCUT2D eigenvalue weighted by atomic mass is 9.50. The second-order valence-electron chi connectivity index (χ2n) is 7.96. The third kappa shape index (κ3) is 1.70. The first-order valence-electron chi connectivity index (χ1n) is 9.41. The maximum Gasteiger partial charge on any atom is 0.192 e. The van der Waals surface area contributed by atoms with Gasteiger partial charge in [-0.1, -0.05) is 30.3 Å². The predicted molar refractivity (Wildman–Crippen MR) is 100 cm³/mol. The van der Waals surface area contributed by atoms with Crippen LogP contribution in [0.4, 0.5) is 0 Å². The Morgan fingerprint density at radius 3 is 2.30 bits per heavy atom. The molecule has 0 N–H and O–H groups in total. The number of hydrogen-bond donors (Lipinski definition) is 0. The summed E-state index contributed by atoms with van der Waals surface area (Å²) in [6.45, 7) is 2.36. The van der Waals surface area contributed by atoms with Crippen LogP contribution in [0.25, 0.3) is 0 Å². The van der Waals surface area contributed by atoms with Crippen molar-refractivity contribution < 1.29 is 13.4 Å². The molecule has 0 saturated carbocycles. The van der Waals surface area contributed by atoms with Crippen LogP contribution in [0.2, 0.25) is 0 Å². The van der Waals surface area contributed by atoms with Crippen molar-refractivity contribution in [3.8, 4) is 0 Å². The van der Waals surface area contributed by atoms with Gasteiger partial charge in [0.2, 0.25) is 0 Å². The van der Waals surface area contributed by atoms with Gasteiger partial charge in [-0.3, -0.25) is 0 Å². The number of benzene rings is 1. The maximum absolute atomic E-state index is 5.57. The Morgan fingerprint density at radius 1 is 0.889 bits per heavy atom. The maximum atomic E-state index is 5.57. The second-order valence-corrected chi connectivity index (χ2v) is 7.96. The van der Waals surface area contributed by atoms with Crippen molar-refractivity contribution in [1.29, 1.82) is 0 Å². The summed E-state index contributed by atoms with van der Waals surface area (Å²) < 4.78 is 13.6. The Balaban J connectivity index is 1.77. The number of nitrogens with zero attached hydrogens (tertiary/aromatic N) is 1. The summed E-state index contributed by atoms with van der Waals surface area (Å²) in [5.41, 5.74) is 6.23. The Hall–Kier alpha value is -3.07. The number of pyridine rings is 1. The minimum absolute atomic E-state index is 0.142. The van der Waals surface area contributed by atoms with Gasteiger partial charge in [0.25, 0.3) is 0 Å². The summed E-state index contributed by atoms with van der Waals surface area (Å²) in [4.78, 5) is 0. The molecule has 2 aliphatic heterocycles. The highest BCUT2D eigenvalue weighted by atomic mass is 16.3. The Morgan fingerprint density at radius 2 is 1.59 bits per heavy atom. The number of aromatic nitrogens is 1. The summed E-state index contributed by atoms with van der Waals surface area (Å²) in [6, 6.07) is 19.7. The molecule has 4 aromatic rings. The zero-order valence-electron chi connectivity index (χ0n) is 15.1. The molecule has 3 heteroatoms. The van der Waals surface area contributed by atoms with Gasteiger partial charge in [0.15, 0.2) is 17.4 Å². The highest BCUT2D eigenvalue weighted by molar-refractivity contribution is 5.55. The first-order chi connectivity index (χ1) is 13.2. The molecule has 0 saturated heterocycles. The topological polar surface area (TPSA) is 30.2 Å². The quantitative estimate of drug-likeness (QED) is 0.486. The van der Waals surface area contributed by atoms with E-state index in [4.69, 9.17) is 8.83 Å². The first-order valence-corrected chi connectivity index (χ1v) is 9.41. The van der Waals surface area contributed by atoms with Gasteiger partial charge in [-0.15, -0.1) is 0 Å². The lowest BCUT2D eigenvalue weighted by Gasteiger charge is -2.52. The third-order valence-electron chi connectivity index (χ3n) is 6.76. The van der Waals surface area contributed by atoms with Crippen molar-refractivity contribution in [2.24, 2.45) is 0 Å². The van der Waals surface area contributed by atoms with E-state index in [9.17, 15) is 0 Å². The number of rotatable bonds is 2. The van der Waals surface area contributed by atoms with Crippen molar-refractivity contribution >= 4 is 0 Å². The summed E-state index contributed by atoms with van der Waals surface area (Å²) >= 11 is 0. The standard InChI is InChI=1S/C24H20NO2/c1-23-16-24(17-9-12-26-14-17,18-10-13-27-15-18)22(19-6-2-3-7-20(19)23)21-8-4-5-11-25(21)23/h2-15,22H,16H2,1H3/q+1/t22-,23+/m1/s1. The van der Waals surface area contributed by atoms with E-state index >= 15 is 0 Å². The second kappa shape index (κ2) is 5.01. The van der Waals surface area contributed by atoms with Crippen molar-refractivity contribution in [2.45, 2.75) is 30.2 Å². The molecule has 27 heavy (non-hydrogen) atoms. The van der Waals surface area contributed by atoms with Crippen LogP contribution in [0.5, 0.6) is 0 Å². The molecule has 1 aromatic carbocycles. The largest absolute Gasteiger partial charge is 0.472 e. The molecule has 3 aromatic heterocycles. The van der Waals surface area contributed by atoms with E-state index < -0.39 is 0 Å². The average molecular weight is 354 g/mol. The minimum atomic E-state index is -0.218. The molecule has 5 heterocycles. The van der Waals surface area contributed by atoms with Crippen LogP contribution in [-0.2, 0) is 11.0 Å². The molecule has 0 amide bonds. The summed E-state index contributed by atoms with van der Waals surface area (Å²) in [5, 5.41) is 0. The van der Waals surface area contributed by atoms with Crippen LogP contribution < -0.4 is 4.57 Å². The van der Waals surface area contributed by atoms with Gasteiger partial charge < -0.3 is 8.83 Å². The molecule has 1 aliphatic carbocycles. The monoisotopic (exact) mass is 354 g/mol. The van der Waals surface area contributed by atoms with Crippen molar-refractivity contribution in [3.63, 3.8) is 0 Å². The molecule has 132 valence electrons. The Labute approximate surface area is 157 Å². The molecule has 3 nitrogen and oxygen atoms in total. The van der Waals surface area contributed by atoms with Gasteiger partial charge >= 0.3 is 0 Å². The van der Waals surface area contributed by atoms with E-state index in [0.717, 1.165) is 6.42 Å². The summed E-state index contributed by atoms with van der Waals surface area (Å²) in [7, 11) is 0. The van der Waals surface area contributed by atoms with Crippen LogP contribution in [-0.4, -0.2) is 0 Å². The molecular weight excluding hydrogens is 334 g/mol. The molecule has 0 spiro atoms. The molecule has 2 atom stereocenters. The van der Waals surface area contributed by atoms with Gasteiger partial charge in [-0.25, -0.2) is 0 Å². The lowest BCUT2D eigenvalue weighted by molar-refractivity contribution is -0.769. The van der Waals surface area contributed by atoms with E-state index in [2.05, 4.69) is 72.3 Å². The van der Waals surface area contributed by atoms with Crippen molar-refractivity contribution in [3.05, 3.63) is 114 Å². The number of furan rings is 2. The molecule has 3 aliphatic rings. The fourth-order valence-electron chi connectivity index (χ4n) is 5.75. The van der Waals surface area contributed by atoms with Crippen LogP contribution in [0.15, 0.2) is 94.7 Å². The zero-order chi connectivity index (χ0) is 18.1. The van der Waals surface area contributed by atoms with Crippen LogP contribution in [0.3, 0.4) is 0 Å². The normalized spacial score (nSPS) is 24.4. The zero-order valence-corrected chi connectivity index (χ0v) is 15.1. The Kier molecular flexibility index (Phi) is 2.79. The van der Waals surface area contributed by atoms with Gasteiger partial charge in [0.05, 0.1) is 36.4 Å². The van der Waals surface area contributed by atoms with Gasteiger partial charge in [0, 0.05) is 42.2 Å². The predicted octanol–water partition coefficient (Wildman–Crippen LogP) is 4.76. The molecule has 7 rings (SSSR count). The van der Waals surface area contributed by atoms with Crippen LogP contribution in [0, 0.1) is 0 Å². The van der Waals surface area contributed by atoms with E-state index in [1.54, 1.807) is 12.5 Å². The van der Waals surface area contributed by atoms with Crippen LogP contribution in [0.1, 0.15) is 47.2 Å². The molecule has 2 bridgehead atoms. The molecule has 0 radical (unpaired) electrons. The molecule has 0 fully saturated rings. The highest BCUT2D eigenvalue weighted by Gasteiger charge is 2.64. The average Bonchev–Trinajstić information content (AvgIpc) is 3.42. The van der Waals surface area contributed by atoms with Crippen molar-refractivity contribution in [2.75, 3.05) is 0 Å². The van der Waals surface area contributed by atoms with Gasteiger partial charge in [-0.05, 0) is 17.7 Å². The smallest absolute Gasteiger partial charge is 0.192 e. The van der Waals surface area contributed by atoms with Gasteiger partial charge in [0.1, 0.15) is 0 Å². The molecule has 0 unspecified atom stereocenters. The van der Waals surface area contributed by atoms with Gasteiger partial charge in [-0.2, -0.15) is 4.57 Å². The first kappa shape index (κ1) is 15.0. The summed E-state index contributed by atoms with van der Waals surface area (Å²) in [6.07, 6.45) is 10.6. The Bertz CT molecular complexity index is 1040. The van der Waals surface area contributed by atoms with Crippen LogP contribution >= 0.6 is 0 Å². The summed E-state index contributed by atoms with van der Waals surface area (Å²) in [5.74, 6) is 0.201. The lowest BCUT2D eigenvalue weighted by Crippen LogP contribution is -2.69. The van der Waals surface area contributed by atoms with E-state index in [1.165, 1.54) is 27.9 Å². The fraction of sp³-hybridized carbons (Fsp3) is 0.208. The fourth-order valence-corrected chi connectivity index (χ4v) is 5.75. The van der Waals surface area contributed by atoms with E-state index in [0.29, 0.717) is 0 Å². The van der Waals surface area contributed by atoms with E-state index in [-0.39, 0.29) is 16.9 Å². The molecular formula is C24H20NO2+. The van der Waals surface area contributed by atoms with E-state index in [1.807, 2.05) is 12.5 Å². The third-order valence-corrected chi connectivity index (χ3v) is 6.76. The number of fused-ring (bicyclic) bond motifs is 1. The number of hydrogen-bond acceptors (Lipinski definition) is 2. The highest BCUT2D eigenvalue weighted by Crippen LogP contribution is 2.61. The minimum Gasteiger partial charge on any atom is -0.472 e. The van der Waals surface area contributed by atoms with Crippen molar-refractivity contribution in [1.82, 2.24) is 0 Å². The SMILES string of the molecule is C[C@]12CC(c3ccoc3)(c3ccoc3)[C@H](c3ccccc31)c1cccc[n+]12.